The maximum atomic E-state index is 11.5. The van der Waals surface area contributed by atoms with Gasteiger partial charge < -0.3 is 10.2 Å². The highest BCUT2D eigenvalue weighted by Gasteiger charge is 2.06. The van der Waals surface area contributed by atoms with Crippen molar-refractivity contribution in [3.63, 3.8) is 0 Å². The van der Waals surface area contributed by atoms with Gasteiger partial charge in [0.05, 0.1) is 17.3 Å². The SMILES string of the molecule is CCN(C)C(=O)CNc1ccncc1Cl. The number of hydrogen-bond acceptors (Lipinski definition) is 3. The summed E-state index contributed by atoms with van der Waals surface area (Å²) < 4.78 is 0. The maximum absolute atomic E-state index is 11.5. The lowest BCUT2D eigenvalue weighted by Gasteiger charge is -2.15. The molecule has 15 heavy (non-hydrogen) atoms. The number of hydrogen-bond donors (Lipinski definition) is 1. The van der Waals surface area contributed by atoms with Crippen molar-refractivity contribution in [3.05, 3.63) is 23.5 Å². The Morgan fingerprint density at radius 2 is 2.40 bits per heavy atom. The van der Waals surface area contributed by atoms with Crippen LogP contribution in [0.15, 0.2) is 18.5 Å². The molecule has 1 heterocycles. The van der Waals surface area contributed by atoms with Gasteiger partial charge in [0.2, 0.25) is 5.91 Å². The topological polar surface area (TPSA) is 45.2 Å². The second-order valence-electron chi connectivity index (χ2n) is 3.12. The van der Waals surface area contributed by atoms with E-state index in [0.717, 1.165) is 5.69 Å². The molecule has 0 bridgehead atoms. The third-order valence-electron chi connectivity index (χ3n) is 2.10. The molecular weight excluding hydrogens is 214 g/mol. The van der Waals surface area contributed by atoms with Gasteiger partial charge in [-0.15, -0.1) is 0 Å². The monoisotopic (exact) mass is 227 g/mol. The largest absolute Gasteiger partial charge is 0.375 e. The van der Waals surface area contributed by atoms with Crippen molar-refractivity contribution in [2.75, 3.05) is 25.5 Å². The first-order chi connectivity index (χ1) is 7.15. The van der Waals surface area contributed by atoms with Gasteiger partial charge in [-0.25, -0.2) is 0 Å². The van der Waals surface area contributed by atoms with Crippen molar-refractivity contribution in [2.24, 2.45) is 0 Å². The van der Waals surface area contributed by atoms with E-state index in [2.05, 4.69) is 10.3 Å². The molecule has 0 saturated heterocycles. The first-order valence-electron chi connectivity index (χ1n) is 4.72. The second kappa shape index (κ2) is 5.56. The molecule has 0 saturated carbocycles. The predicted molar refractivity (Wildman–Crippen MR) is 61.0 cm³/mol. The molecule has 0 aliphatic carbocycles. The van der Waals surface area contributed by atoms with Gasteiger partial charge in [-0.1, -0.05) is 11.6 Å². The molecule has 0 unspecified atom stereocenters. The molecule has 0 aliphatic rings. The minimum absolute atomic E-state index is 0.0328. The van der Waals surface area contributed by atoms with Crippen LogP contribution < -0.4 is 5.32 Å². The number of aromatic nitrogens is 1. The van der Waals surface area contributed by atoms with Crippen molar-refractivity contribution in [1.29, 1.82) is 0 Å². The average molecular weight is 228 g/mol. The van der Waals surface area contributed by atoms with Crippen LogP contribution in [0.2, 0.25) is 5.02 Å². The van der Waals surface area contributed by atoms with Crippen LogP contribution in [0, 0.1) is 0 Å². The molecular formula is C10H14ClN3O. The predicted octanol–water partition coefficient (Wildman–Crippen LogP) is 1.63. The van der Waals surface area contributed by atoms with E-state index in [1.807, 2.05) is 6.92 Å². The number of nitrogens with one attached hydrogen (secondary N) is 1. The van der Waals surface area contributed by atoms with Gasteiger partial charge in [0.15, 0.2) is 0 Å². The molecule has 1 rings (SSSR count). The molecule has 0 fully saturated rings. The third-order valence-corrected chi connectivity index (χ3v) is 2.40. The first kappa shape index (κ1) is 11.8. The molecule has 4 nitrogen and oxygen atoms in total. The lowest BCUT2D eigenvalue weighted by molar-refractivity contribution is -0.127. The number of rotatable bonds is 4. The van der Waals surface area contributed by atoms with Crippen LogP contribution in [0.5, 0.6) is 0 Å². The van der Waals surface area contributed by atoms with Crippen molar-refractivity contribution in [1.82, 2.24) is 9.88 Å². The molecule has 0 spiro atoms. The number of carbonyl (C=O) groups is 1. The lowest BCUT2D eigenvalue weighted by Crippen LogP contribution is -2.31. The highest BCUT2D eigenvalue weighted by molar-refractivity contribution is 6.33. The maximum Gasteiger partial charge on any atom is 0.241 e. The molecule has 1 amide bonds. The molecule has 0 aromatic carbocycles. The smallest absolute Gasteiger partial charge is 0.241 e. The zero-order valence-electron chi connectivity index (χ0n) is 8.83. The van der Waals surface area contributed by atoms with Crippen LogP contribution in [-0.4, -0.2) is 35.9 Å². The third kappa shape index (κ3) is 3.40. The number of likely N-dealkylation sites (N-methyl/N-ethyl adjacent to an activating group) is 1. The fourth-order valence-electron chi connectivity index (χ4n) is 1.00. The summed E-state index contributed by atoms with van der Waals surface area (Å²) >= 11 is 5.87. The summed E-state index contributed by atoms with van der Waals surface area (Å²) in [5.41, 5.74) is 0.726. The van der Waals surface area contributed by atoms with E-state index in [-0.39, 0.29) is 12.5 Å². The van der Waals surface area contributed by atoms with Gasteiger partial charge >= 0.3 is 0 Å². The van der Waals surface area contributed by atoms with E-state index in [1.165, 1.54) is 6.20 Å². The fourth-order valence-corrected chi connectivity index (χ4v) is 1.19. The fraction of sp³-hybridized carbons (Fsp3) is 0.400. The Hall–Kier alpha value is -1.29. The molecule has 1 aromatic rings. The summed E-state index contributed by atoms with van der Waals surface area (Å²) in [6.07, 6.45) is 3.17. The Morgan fingerprint density at radius 1 is 1.67 bits per heavy atom. The van der Waals surface area contributed by atoms with Gasteiger partial charge in [-0.05, 0) is 13.0 Å². The molecule has 0 atom stereocenters. The minimum Gasteiger partial charge on any atom is -0.375 e. The normalized spacial score (nSPS) is 9.80. The number of amides is 1. The lowest BCUT2D eigenvalue weighted by atomic mass is 10.4. The minimum atomic E-state index is 0.0328. The van der Waals surface area contributed by atoms with Crippen LogP contribution in [0.25, 0.3) is 0 Å². The molecule has 1 aromatic heterocycles. The van der Waals surface area contributed by atoms with E-state index in [4.69, 9.17) is 11.6 Å². The van der Waals surface area contributed by atoms with Crippen molar-refractivity contribution in [3.8, 4) is 0 Å². The highest BCUT2D eigenvalue weighted by atomic mass is 35.5. The van der Waals surface area contributed by atoms with Crippen LogP contribution in [0.1, 0.15) is 6.92 Å². The number of pyridine rings is 1. The Kier molecular flexibility index (Phi) is 4.37. The van der Waals surface area contributed by atoms with Crippen molar-refractivity contribution >= 4 is 23.2 Å². The standard InChI is InChI=1S/C10H14ClN3O/c1-3-14(2)10(15)7-13-9-4-5-12-6-8(9)11/h4-6H,3,7H2,1-2H3,(H,12,13). The first-order valence-corrected chi connectivity index (χ1v) is 5.10. The molecule has 0 aliphatic heterocycles. The van der Waals surface area contributed by atoms with E-state index < -0.39 is 0 Å². The van der Waals surface area contributed by atoms with Gasteiger partial charge in [0, 0.05) is 26.0 Å². The number of carbonyl (C=O) groups excluding carboxylic acids is 1. The molecule has 5 heteroatoms. The summed E-state index contributed by atoms with van der Waals surface area (Å²) in [6.45, 7) is 2.87. The van der Waals surface area contributed by atoms with Crippen LogP contribution in [0.4, 0.5) is 5.69 Å². The van der Waals surface area contributed by atoms with E-state index in [9.17, 15) is 4.79 Å². The van der Waals surface area contributed by atoms with Crippen molar-refractivity contribution in [2.45, 2.75) is 6.92 Å². The van der Waals surface area contributed by atoms with E-state index in [0.29, 0.717) is 11.6 Å². The van der Waals surface area contributed by atoms with Gasteiger partial charge in [0.25, 0.3) is 0 Å². The number of nitrogens with zero attached hydrogens (tertiary/aromatic N) is 2. The number of anilines is 1. The van der Waals surface area contributed by atoms with Crippen LogP contribution in [-0.2, 0) is 4.79 Å². The van der Waals surface area contributed by atoms with E-state index in [1.54, 1.807) is 24.2 Å². The Bertz CT molecular complexity index is 343. The Labute approximate surface area is 94.3 Å². The summed E-state index contributed by atoms with van der Waals surface area (Å²) in [6, 6.07) is 1.74. The molecule has 1 N–H and O–H groups in total. The summed E-state index contributed by atoms with van der Waals surface area (Å²) in [4.78, 5) is 17.0. The Balaban J connectivity index is 2.51. The summed E-state index contributed by atoms with van der Waals surface area (Å²) in [7, 11) is 1.76. The second-order valence-corrected chi connectivity index (χ2v) is 3.52. The number of halogens is 1. The van der Waals surface area contributed by atoms with E-state index >= 15 is 0 Å². The zero-order valence-corrected chi connectivity index (χ0v) is 9.58. The van der Waals surface area contributed by atoms with Gasteiger partial charge in [-0.2, -0.15) is 0 Å². The summed E-state index contributed by atoms with van der Waals surface area (Å²) in [5, 5.41) is 3.48. The molecule has 82 valence electrons. The Morgan fingerprint density at radius 3 is 3.00 bits per heavy atom. The van der Waals surface area contributed by atoms with Gasteiger partial charge in [0.1, 0.15) is 0 Å². The highest BCUT2D eigenvalue weighted by Crippen LogP contribution is 2.18. The van der Waals surface area contributed by atoms with Crippen molar-refractivity contribution < 1.29 is 4.79 Å². The zero-order chi connectivity index (χ0) is 11.3. The molecule has 0 radical (unpaired) electrons. The van der Waals surface area contributed by atoms with Crippen LogP contribution in [0.3, 0.4) is 0 Å². The quantitative estimate of drug-likeness (QED) is 0.851. The summed E-state index contributed by atoms with van der Waals surface area (Å²) in [5.74, 6) is 0.0328. The van der Waals surface area contributed by atoms with Crippen LogP contribution >= 0.6 is 11.6 Å². The average Bonchev–Trinajstić information content (AvgIpc) is 2.26. The van der Waals surface area contributed by atoms with Gasteiger partial charge in [-0.3, -0.25) is 9.78 Å².